The zero-order valence-corrected chi connectivity index (χ0v) is 23.2. The molecule has 0 radical (unpaired) electrons. The molecule has 5 rings (SSSR count). The standard InChI is InChI=1S/C30H42BNO6/c1-6-28(4)14-24(32(16-25(34)35)15-20-7-8-21-17-38-31(37)22(21)13-20)29(5)18(2)9-11-30(19(3)27(28)36)12-10-23(33)26(29)30/h6-8,13,18-19,24,26-27,36-37H,1,9-12,14-17H2,2-5H3,(H,34,35)/t18-,19+,24-,26+,27+,28-,29+,30+/m1/s1. The van der Waals surface area contributed by atoms with Gasteiger partial charge in [-0.05, 0) is 64.9 Å². The number of carboxylic acid groups (broad SMARTS) is 1. The molecule has 8 atom stereocenters. The second-order valence-electron chi connectivity index (χ2n) is 13.1. The van der Waals surface area contributed by atoms with Gasteiger partial charge in [0.05, 0.1) is 19.3 Å². The van der Waals surface area contributed by atoms with Crippen LogP contribution < -0.4 is 5.46 Å². The molecule has 206 valence electrons. The lowest BCUT2D eigenvalue weighted by Crippen LogP contribution is -2.66. The van der Waals surface area contributed by atoms with E-state index in [9.17, 15) is 24.8 Å². The van der Waals surface area contributed by atoms with Crippen molar-refractivity contribution in [2.24, 2.45) is 34.0 Å². The van der Waals surface area contributed by atoms with E-state index < -0.39 is 30.0 Å². The van der Waals surface area contributed by atoms with Crippen LogP contribution >= 0.6 is 0 Å². The Balaban J connectivity index is 1.65. The fourth-order valence-electron chi connectivity index (χ4n) is 8.94. The molecule has 0 aromatic heterocycles. The lowest BCUT2D eigenvalue weighted by atomic mass is 9.43. The van der Waals surface area contributed by atoms with Gasteiger partial charge in [0.1, 0.15) is 5.78 Å². The number of carboxylic acids is 1. The Morgan fingerprint density at radius 3 is 2.71 bits per heavy atom. The van der Waals surface area contributed by atoms with E-state index in [1.54, 1.807) is 0 Å². The van der Waals surface area contributed by atoms with Crippen molar-refractivity contribution in [1.82, 2.24) is 4.90 Å². The fraction of sp³-hybridized carbons (Fsp3) is 0.667. The van der Waals surface area contributed by atoms with E-state index in [0.717, 1.165) is 35.9 Å². The number of hydrogen-bond acceptors (Lipinski definition) is 6. The SMILES string of the molecule is C=C[C@]1(C)C[C@@H](N(CC(=O)O)Cc2ccc3c(c2)B(O)OC3)[C@]2(C)[C@H](C)CC[C@]3(CCC(=O)[C@H]32)[C@@H](C)[C@@H]1O. The van der Waals surface area contributed by atoms with Gasteiger partial charge in [0.25, 0.3) is 0 Å². The fourth-order valence-corrected chi connectivity index (χ4v) is 8.94. The number of fused-ring (bicyclic) bond motifs is 1. The van der Waals surface area contributed by atoms with Gasteiger partial charge in [0.15, 0.2) is 0 Å². The van der Waals surface area contributed by atoms with Crippen LogP contribution in [0.5, 0.6) is 0 Å². The van der Waals surface area contributed by atoms with E-state index in [0.29, 0.717) is 26.0 Å². The Hall–Kier alpha value is -2.00. The highest BCUT2D eigenvalue weighted by molar-refractivity contribution is 6.61. The highest BCUT2D eigenvalue weighted by atomic mass is 16.5. The summed E-state index contributed by atoms with van der Waals surface area (Å²) in [6.07, 6.45) is 4.81. The van der Waals surface area contributed by atoms with Crippen LogP contribution in [-0.2, 0) is 27.4 Å². The van der Waals surface area contributed by atoms with Gasteiger partial charge < -0.3 is 19.9 Å². The number of nitrogens with zero attached hydrogens (tertiary/aromatic N) is 1. The molecular weight excluding hydrogens is 481 g/mol. The predicted molar refractivity (Wildman–Crippen MR) is 145 cm³/mol. The molecule has 3 N–H and O–H groups in total. The molecule has 1 aliphatic heterocycles. The van der Waals surface area contributed by atoms with Gasteiger partial charge in [-0.3, -0.25) is 14.5 Å². The molecule has 3 fully saturated rings. The number of ketones is 1. The normalized spacial score (nSPS) is 40.4. The Kier molecular flexibility index (Phi) is 6.95. The third kappa shape index (κ3) is 4.02. The molecule has 0 spiro atoms. The number of carbonyl (C=O) groups excluding carboxylic acids is 1. The minimum atomic E-state index is -0.979. The van der Waals surface area contributed by atoms with E-state index in [1.807, 2.05) is 36.1 Å². The summed E-state index contributed by atoms with van der Waals surface area (Å²) in [7, 11) is -0.979. The summed E-state index contributed by atoms with van der Waals surface area (Å²) in [5, 5.41) is 32.2. The number of Topliss-reactive ketones (excluding diaryl/α,β-unsaturated/α-hetero) is 1. The Morgan fingerprint density at radius 2 is 2.03 bits per heavy atom. The molecule has 1 aromatic rings. The summed E-state index contributed by atoms with van der Waals surface area (Å²) in [4.78, 5) is 28.1. The van der Waals surface area contributed by atoms with Crippen molar-refractivity contribution >= 4 is 24.3 Å². The van der Waals surface area contributed by atoms with Gasteiger partial charge in [-0.2, -0.15) is 0 Å². The summed E-state index contributed by atoms with van der Waals surface area (Å²) < 4.78 is 5.37. The highest BCUT2D eigenvalue weighted by Gasteiger charge is 2.68. The lowest BCUT2D eigenvalue weighted by Gasteiger charge is -2.64. The smallest absolute Gasteiger partial charge is 0.480 e. The molecule has 3 saturated carbocycles. The van der Waals surface area contributed by atoms with Crippen LogP contribution in [-0.4, -0.2) is 57.7 Å². The van der Waals surface area contributed by atoms with E-state index >= 15 is 0 Å². The first-order valence-corrected chi connectivity index (χ1v) is 14.1. The second kappa shape index (κ2) is 9.58. The molecule has 38 heavy (non-hydrogen) atoms. The number of aliphatic hydroxyl groups is 1. The summed E-state index contributed by atoms with van der Waals surface area (Å²) in [6.45, 7) is 13.2. The maximum atomic E-state index is 13.8. The predicted octanol–water partition coefficient (Wildman–Crippen LogP) is 3.15. The van der Waals surface area contributed by atoms with Crippen LogP contribution in [0.3, 0.4) is 0 Å². The first-order valence-electron chi connectivity index (χ1n) is 14.1. The average Bonchev–Trinajstić information content (AvgIpc) is 3.43. The average molecular weight is 523 g/mol. The Morgan fingerprint density at radius 1 is 1.29 bits per heavy atom. The number of rotatable bonds is 6. The van der Waals surface area contributed by atoms with Gasteiger partial charge in [-0.25, -0.2) is 0 Å². The van der Waals surface area contributed by atoms with Crippen molar-refractivity contribution in [2.45, 2.75) is 85.1 Å². The summed E-state index contributed by atoms with van der Waals surface area (Å²) in [6, 6.07) is 5.54. The third-order valence-electron chi connectivity index (χ3n) is 11.4. The first-order chi connectivity index (χ1) is 17.9. The molecule has 2 bridgehead atoms. The van der Waals surface area contributed by atoms with Crippen LogP contribution in [0.2, 0.25) is 0 Å². The van der Waals surface area contributed by atoms with Gasteiger partial charge in [0, 0.05) is 30.3 Å². The summed E-state index contributed by atoms with van der Waals surface area (Å²) >= 11 is 0. The van der Waals surface area contributed by atoms with Crippen molar-refractivity contribution in [3.63, 3.8) is 0 Å². The van der Waals surface area contributed by atoms with E-state index in [-0.39, 0.29) is 41.5 Å². The van der Waals surface area contributed by atoms with Crippen LogP contribution in [0.25, 0.3) is 0 Å². The molecule has 0 saturated heterocycles. The molecule has 4 aliphatic rings. The largest absolute Gasteiger partial charge is 0.491 e. The number of benzene rings is 1. The number of aliphatic carboxylic acids is 1. The van der Waals surface area contributed by atoms with Crippen molar-refractivity contribution < 1.29 is 29.5 Å². The lowest BCUT2D eigenvalue weighted by molar-refractivity contribution is -0.182. The molecule has 7 nitrogen and oxygen atoms in total. The second-order valence-corrected chi connectivity index (χ2v) is 13.1. The molecule has 1 heterocycles. The van der Waals surface area contributed by atoms with Crippen LogP contribution in [0.15, 0.2) is 30.9 Å². The van der Waals surface area contributed by atoms with Crippen molar-refractivity contribution in [3.8, 4) is 0 Å². The van der Waals surface area contributed by atoms with Gasteiger partial charge in [-0.15, -0.1) is 6.58 Å². The number of hydrogen-bond donors (Lipinski definition) is 3. The molecular formula is C30H42BNO6. The summed E-state index contributed by atoms with van der Waals surface area (Å²) in [5.74, 6) is -0.758. The zero-order chi connectivity index (χ0) is 27.6. The molecule has 0 amide bonds. The van der Waals surface area contributed by atoms with E-state index in [4.69, 9.17) is 4.65 Å². The Bertz CT molecular complexity index is 1140. The minimum Gasteiger partial charge on any atom is -0.480 e. The molecule has 1 aromatic carbocycles. The number of carbonyl (C=O) groups is 2. The van der Waals surface area contributed by atoms with Crippen molar-refractivity contribution in [3.05, 3.63) is 42.0 Å². The zero-order valence-electron chi connectivity index (χ0n) is 23.2. The Labute approximate surface area is 226 Å². The highest BCUT2D eigenvalue weighted by Crippen LogP contribution is 2.68. The molecule has 0 unspecified atom stereocenters. The maximum absolute atomic E-state index is 13.8. The molecule has 3 aliphatic carbocycles. The molecule has 8 heteroatoms. The van der Waals surface area contributed by atoms with Crippen LogP contribution in [0.1, 0.15) is 70.9 Å². The van der Waals surface area contributed by atoms with Crippen molar-refractivity contribution in [1.29, 1.82) is 0 Å². The topological polar surface area (TPSA) is 107 Å². The third-order valence-corrected chi connectivity index (χ3v) is 11.4. The number of aliphatic hydroxyl groups excluding tert-OH is 1. The van der Waals surface area contributed by atoms with Crippen LogP contribution in [0.4, 0.5) is 0 Å². The maximum Gasteiger partial charge on any atom is 0.491 e. The monoisotopic (exact) mass is 523 g/mol. The quantitative estimate of drug-likeness (QED) is 0.389. The summed E-state index contributed by atoms with van der Waals surface area (Å²) in [5.41, 5.74) is 1.12. The van der Waals surface area contributed by atoms with Crippen molar-refractivity contribution in [2.75, 3.05) is 6.54 Å². The minimum absolute atomic E-state index is 0.0687. The van der Waals surface area contributed by atoms with E-state index in [2.05, 4.69) is 27.4 Å². The first kappa shape index (κ1) is 27.6. The van der Waals surface area contributed by atoms with E-state index in [1.165, 1.54) is 0 Å². The van der Waals surface area contributed by atoms with Gasteiger partial charge >= 0.3 is 13.1 Å². The van der Waals surface area contributed by atoms with Gasteiger partial charge in [0.2, 0.25) is 0 Å². The van der Waals surface area contributed by atoms with Gasteiger partial charge in [-0.1, -0.05) is 52.0 Å². The van der Waals surface area contributed by atoms with Crippen LogP contribution in [0, 0.1) is 34.0 Å².